The van der Waals surface area contributed by atoms with E-state index >= 15 is 0 Å². The van der Waals surface area contributed by atoms with Crippen LogP contribution in [-0.4, -0.2) is 43.2 Å². The van der Waals surface area contributed by atoms with Gasteiger partial charge in [-0.3, -0.25) is 4.79 Å². The molecular weight excluding hydrogens is 232 g/mol. The van der Waals surface area contributed by atoms with Crippen molar-refractivity contribution in [2.45, 2.75) is 6.10 Å². The van der Waals surface area contributed by atoms with Crippen LogP contribution < -0.4 is 5.73 Å². The first-order valence-corrected chi connectivity index (χ1v) is 5.44. The summed E-state index contributed by atoms with van der Waals surface area (Å²) in [5, 5.41) is 0.126. The summed E-state index contributed by atoms with van der Waals surface area (Å²) in [6.07, 6.45) is 1.31. The van der Waals surface area contributed by atoms with Gasteiger partial charge in [-0.05, 0) is 17.7 Å². The number of amides is 1. The minimum Gasteiger partial charge on any atom is -0.452 e. The van der Waals surface area contributed by atoms with E-state index in [4.69, 9.17) is 26.5 Å². The van der Waals surface area contributed by atoms with Crippen LogP contribution in [0, 0.1) is 0 Å². The maximum atomic E-state index is 12.0. The van der Waals surface area contributed by atoms with Gasteiger partial charge in [0.25, 0.3) is 5.91 Å². The lowest BCUT2D eigenvalue weighted by atomic mass is 10.2. The third kappa shape index (κ3) is 2.21. The molecular formula is C10H13ClN2O3. The zero-order valence-corrected chi connectivity index (χ0v) is 9.44. The first-order chi connectivity index (χ1) is 7.72. The predicted octanol–water partition coefficient (Wildman–Crippen LogP) is 0.733. The Morgan fingerprint density at radius 2 is 2.50 bits per heavy atom. The fraction of sp³-hybridized carbons (Fsp3) is 0.500. The highest BCUT2D eigenvalue weighted by Gasteiger charge is 2.26. The van der Waals surface area contributed by atoms with Crippen LogP contribution in [0.4, 0.5) is 0 Å². The fourth-order valence-corrected chi connectivity index (χ4v) is 1.86. The van der Waals surface area contributed by atoms with E-state index in [2.05, 4.69) is 0 Å². The molecule has 0 aromatic carbocycles. The number of halogens is 1. The van der Waals surface area contributed by atoms with Crippen molar-refractivity contribution in [3.63, 3.8) is 0 Å². The van der Waals surface area contributed by atoms with E-state index in [1.807, 2.05) is 0 Å². The molecule has 1 fully saturated rings. The number of rotatable bonds is 2. The number of carbonyl (C=O) groups is 1. The van der Waals surface area contributed by atoms with E-state index < -0.39 is 0 Å². The minimum atomic E-state index is -0.138. The summed E-state index contributed by atoms with van der Waals surface area (Å²) in [7, 11) is 0. The van der Waals surface area contributed by atoms with Crippen LogP contribution >= 0.6 is 11.6 Å². The number of hydrogen-bond acceptors (Lipinski definition) is 4. The highest BCUT2D eigenvalue weighted by Crippen LogP contribution is 2.19. The Hall–Kier alpha value is -1.04. The van der Waals surface area contributed by atoms with E-state index in [-0.39, 0.29) is 17.2 Å². The van der Waals surface area contributed by atoms with E-state index in [0.717, 1.165) is 0 Å². The molecule has 88 valence electrons. The highest BCUT2D eigenvalue weighted by molar-refractivity contribution is 6.32. The molecule has 1 unspecified atom stereocenters. The van der Waals surface area contributed by atoms with Gasteiger partial charge in [-0.15, -0.1) is 0 Å². The van der Waals surface area contributed by atoms with Crippen molar-refractivity contribution in [1.29, 1.82) is 0 Å². The Morgan fingerprint density at radius 3 is 3.12 bits per heavy atom. The van der Waals surface area contributed by atoms with Crippen molar-refractivity contribution in [2.75, 3.05) is 26.2 Å². The number of nitrogens with two attached hydrogens (primary N) is 1. The zero-order chi connectivity index (χ0) is 11.5. The van der Waals surface area contributed by atoms with Crippen molar-refractivity contribution < 1.29 is 13.9 Å². The molecule has 16 heavy (non-hydrogen) atoms. The first kappa shape index (κ1) is 11.4. The largest absolute Gasteiger partial charge is 0.452 e. The molecule has 1 aromatic rings. The Bertz CT molecular complexity index is 380. The van der Waals surface area contributed by atoms with Crippen LogP contribution in [0.25, 0.3) is 0 Å². The smallest absolute Gasteiger partial charge is 0.258 e. The Labute approximate surface area is 98.1 Å². The molecule has 1 aliphatic rings. The summed E-state index contributed by atoms with van der Waals surface area (Å²) in [4.78, 5) is 13.7. The van der Waals surface area contributed by atoms with Crippen molar-refractivity contribution in [3.05, 3.63) is 23.1 Å². The van der Waals surface area contributed by atoms with Crippen molar-refractivity contribution in [3.8, 4) is 0 Å². The SMILES string of the molecule is NCC1CN(C(=O)c2ccoc2Cl)CCO1. The number of morpholine rings is 1. The molecule has 0 bridgehead atoms. The Balaban J connectivity index is 2.07. The van der Waals surface area contributed by atoms with Gasteiger partial charge >= 0.3 is 0 Å². The van der Waals surface area contributed by atoms with Crippen LogP contribution in [0.1, 0.15) is 10.4 Å². The summed E-state index contributed by atoms with van der Waals surface area (Å²) in [6, 6.07) is 1.57. The lowest BCUT2D eigenvalue weighted by Crippen LogP contribution is -2.48. The number of furan rings is 1. The lowest BCUT2D eigenvalue weighted by molar-refractivity contribution is -0.0167. The van der Waals surface area contributed by atoms with Crippen molar-refractivity contribution in [1.82, 2.24) is 4.90 Å². The lowest BCUT2D eigenvalue weighted by Gasteiger charge is -2.32. The van der Waals surface area contributed by atoms with Gasteiger partial charge in [-0.2, -0.15) is 0 Å². The number of hydrogen-bond donors (Lipinski definition) is 1. The van der Waals surface area contributed by atoms with Gasteiger partial charge < -0.3 is 19.8 Å². The van der Waals surface area contributed by atoms with Gasteiger partial charge in [0.05, 0.1) is 24.5 Å². The third-order valence-electron chi connectivity index (χ3n) is 2.54. The fourth-order valence-electron chi connectivity index (χ4n) is 1.66. The average molecular weight is 245 g/mol. The topological polar surface area (TPSA) is 68.7 Å². The standard InChI is InChI=1S/C10H13ClN2O3/c11-9-8(1-3-16-9)10(14)13-2-4-15-7(5-12)6-13/h1,3,7H,2,4-6,12H2. The highest BCUT2D eigenvalue weighted by atomic mass is 35.5. The zero-order valence-electron chi connectivity index (χ0n) is 8.69. The third-order valence-corrected chi connectivity index (χ3v) is 2.83. The predicted molar refractivity (Wildman–Crippen MR) is 58.4 cm³/mol. The molecule has 1 saturated heterocycles. The Morgan fingerprint density at radius 1 is 1.69 bits per heavy atom. The normalized spacial score (nSPS) is 21.1. The molecule has 0 spiro atoms. The first-order valence-electron chi connectivity index (χ1n) is 5.06. The van der Waals surface area contributed by atoms with Crippen LogP contribution in [-0.2, 0) is 4.74 Å². The summed E-state index contributed by atoms with van der Waals surface area (Å²) >= 11 is 5.75. The molecule has 2 heterocycles. The molecule has 5 nitrogen and oxygen atoms in total. The van der Waals surface area contributed by atoms with Crippen LogP contribution in [0.15, 0.2) is 16.7 Å². The number of carbonyl (C=O) groups excluding carboxylic acids is 1. The van der Waals surface area contributed by atoms with Crippen molar-refractivity contribution in [2.24, 2.45) is 5.73 Å². The average Bonchev–Trinajstić information content (AvgIpc) is 2.74. The van der Waals surface area contributed by atoms with Crippen LogP contribution in [0.2, 0.25) is 5.22 Å². The van der Waals surface area contributed by atoms with Gasteiger partial charge in [-0.1, -0.05) is 0 Å². The molecule has 0 saturated carbocycles. The van der Waals surface area contributed by atoms with Gasteiger partial charge in [0.1, 0.15) is 0 Å². The molecule has 0 radical (unpaired) electrons. The van der Waals surface area contributed by atoms with E-state index in [1.165, 1.54) is 6.26 Å². The molecule has 1 aromatic heterocycles. The molecule has 0 aliphatic carbocycles. The summed E-state index contributed by atoms with van der Waals surface area (Å²) in [5.74, 6) is -0.138. The van der Waals surface area contributed by atoms with E-state index in [0.29, 0.717) is 31.8 Å². The second-order valence-electron chi connectivity index (χ2n) is 3.59. The molecule has 2 rings (SSSR count). The monoisotopic (exact) mass is 244 g/mol. The van der Waals surface area contributed by atoms with Gasteiger partial charge in [-0.25, -0.2) is 0 Å². The summed E-state index contributed by atoms with van der Waals surface area (Å²) in [6.45, 7) is 1.96. The van der Waals surface area contributed by atoms with Crippen molar-refractivity contribution >= 4 is 17.5 Å². The molecule has 2 N–H and O–H groups in total. The second kappa shape index (κ2) is 4.86. The van der Waals surface area contributed by atoms with E-state index in [9.17, 15) is 4.79 Å². The van der Waals surface area contributed by atoms with E-state index in [1.54, 1.807) is 11.0 Å². The number of nitrogens with zero attached hydrogens (tertiary/aromatic N) is 1. The second-order valence-corrected chi connectivity index (χ2v) is 3.93. The molecule has 1 amide bonds. The van der Waals surface area contributed by atoms with Gasteiger partial charge in [0, 0.05) is 19.6 Å². The number of ether oxygens (including phenoxy) is 1. The van der Waals surface area contributed by atoms with Gasteiger partial charge in [0.15, 0.2) is 0 Å². The minimum absolute atomic E-state index is 0.0941. The summed E-state index contributed by atoms with van der Waals surface area (Å²) in [5.41, 5.74) is 5.89. The molecule has 1 atom stereocenters. The molecule has 6 heteroatoms. The molecule has 1 aliphatic heterocycles. The Kier molecular flexibility index (Phi) is 3.48. The quantitative estimate of drug-likeness (QED) is 0.833. The van der Waals surface area contributed by atoms with Crippen LogP contribution in [0.3, 0.4) is 0 Å². The maximum absolute atomic E-state index is 12.0. The summed E-state index contributed by atoms with van der Waals surface area (Å²) < 4.78 is 10.3. The van der Waals surface area contributed by atoms with Crippen LogP contribution in [0.5, 0.6) is 0 Å². The van der Waals surface area contributed by atoms with Gasteiger partial charge in [0.2, 0.25) is 5.22 Å². The maximum Gasteiger partial charge on any atom is 0.258 e.